The quantitative estimate of drug-likeness (QED) is 0.770. The van der Waals surface area contributed by atoms with Crippen molar-refractivity contribution in [1.29, 1.82) is 0 Å². The number of hydrogen-bond acceptors (Lipinski definition) is 3. The summed E-state index contributed by atoms with van der Waals surface area (Å²) < 4.78 is 25.4. The summed E-state index contributed by atoms with van der Waals surface area (Å²) in [4.78, 5) is 0. The molecule has 1 aromatic carbocycles. The molecule has 0 amide bonds. The summed E-state index contributed by atoms with van der Waals surface area (Å²) in [5.74, 6) is 0.727. The van der Waals surface area contributed by atoms with E-state index in [1.165, 1.54) is 12.8 Å². The van der Waals surface area contributed by atoms with Crippen molar-refractivity contribution in [2.24, 2.45) is 5.92 Å². The maximum absolute atomic E-state index is 11.4. The van der Waals surface area contributed by atoms with Gasteiger partial charge in [0.2, 0.25) is 10.0 Å². The van der Waals surface area contributed by atoms with Crippen LogP contribution in [0, 0.1) is 5.92 Å². The third-order valence-corrected chi connectivity index (χ3v) is 4.28. The van der Waals surface area contributed by atoms with E-state index in [1.54, 1.807) is 19.1 Å². The Hall–Kier alpha value is -1.23. The molecule has 0 spiro atoms. The van der Waals surface area contributed by atoms with Crippen LogP contribution in [0.3, 0.4) is 0 Å². The van der Waals surface area contributed by atoms with E-state index in [9.17, 15) is 8.42 Å². The van der Waals surface area contributed by atoms with Gasteiger partial charge in [0, 0.05) is 17.9 Å². The molecule has 0 heterocycles. The highest BCUT2D eigenvalue weighted by molar-refractivity contribution is 7.92. The van der Waals surface area contributed by atoms with Gasteiger partial charge >= 0.3 is 0 Å². The van der Waals surface area contributed by atoms with E-state index in [1.807, 2.05) is 12.1 Å². The predicted molar refractivity (Wildman–Crippen MR) is 82.1 cm³/mol. The number of anilines is 2. The van der Waals surface area contributed by atoms with E-state index in [-0.39, 0.29) is 5.75 Å². The maximum atomic E-state index is 11.4. The van der Waals surface area contributed by atoms with Crippen LogP contribution in [0.15, 0.2) is 24.3 Å². The van der Waals surface area contributed by atoms with Crippen LogP contribution in [0.2, 0.25) is 0 Å². The molecule has 5 heteroatoms. The van der Waals surface area contributed by atoms with Crippen molar-refractivity contribution in [3.05, 3.63) is 24.3 Å². The zero-order valence-corrected chi connectivity index (χ0v) is 12.8. The van der Waals surface area contributed by atoms with E-state index in [4.69, 9.17) is 0 Å². The summed E-state index contributed by atoms with van der Waals surface area (Å²) in [7, 11) is -3.19. The topological polar surface area (TPSA) is 58.2 Å². The maximum Gasteiger partial charge on any atom is 0.232 e. The van der Waals surface area contributed by atoms with Crippen LogP contribution in [-0.2, 0) is 10.0 Å². The molecule has 0 aromatic heterocycles. The first-order valence-corrected chi connectivity index (χ1v) is 8.46. The molecule has 0 bridgehead atoms. The minimum absolute atomic E-state index is 0.0849. The molecular formula is C14H24N2O2S. The average molecular weight is 284 g/mol. The number of benzene rings is 1. The Labute approximate surface area is 116 Å². The molecule has 1 unspecified atom stereocenters. The molecule has 0 aliphatic rings. The lowest BCUT2D eigenvalue weighted by Crippen LogP contribution is -2.14. The lowest BCUT2D eigenvalue weighted by molar-refractivity contribution is 0.551. The molecule has 0 aliphatic carbocycles. The summed E-state index contributed by atoms with van der Waals surface area (Å²) in [5.41, 5.74) is 1.62. The molecule has 0 aliphatic heterocycles. The average Bonchev–Trinajstić information content (AvgIpc) is 2.38. The molecule has 19 heavy (non-hydrogen) atoms. The van der Waals surface area contributed by atoms with Crippen molar-refractivity contribution < 1.29 is 8.42 Å². The van der Waals surface area contributed by atoms with Crippen molar-refractivity contribution in [3.8, 4) is 0 Å². The highest BCUT2D eigenvalue weighted by atomic mass is 32.2. The SMILES string of the molecule is CCCC(C)CNc1ccc(NS(=O)(=O)CC)cc1. The van der Waals surface area contributed by atoms with Gasteiger partial charge in [-0.05, 0) is 43.5 Å². The largest absolute Gasteiger partial charge is 0.385 e. The molecule has 1 rings (SSSR count). The van der Waals surface area contributed by atoms with Crippen LogP contribution < -0.4 is 10.0 Å². The number of nitrogens with one attached hydrogen (secondary N) is 2. The smallest absolute Gasteiger partial charge is 0.232 e. The monoisotopic (exact) mass is 284 g/mol. The Morgan fingerprint density at radius 3 is 2.21 bits per heavy atom. The Bertz CT molecular complexity index is 469. The van der Waals surface area contributed by atoms with E-state index >= 15 is 0 Å². The highest BCUT2D eigenvalue weighted by Crippen LogP contribution is 2.16. The van der Waals surface area contributed by atoms with E-state index in [2.05, 4.69) is 23.9 Å². The minimum atomic E-state index is -3.19. The summed E-state index contributed by atoms with van der Waals surface area (Å²) in [6.45, 7) is 6.96. The third kappa shape index (κ3) is 5.96. The van der Waals surface area contributed by atoms with Crippen molar-refractivity contribution in [3.63, 3.8) is 0 Å². The van der Waals surface area contributed by atoms with Crippen molar-refractivity contribution >= 4 is 21.4 Å². The Balaban J connectivity index is 2.52. The summed E-state index contributed by atoms with van der Waals surface area (Å²) in [6.07, 6.45) is 2.40. The van der Waals surface area contributed by atoms with Crippen LogP contribution in [0.1, 0.15) is 33.6 Å². The predicted octanol–water partition coefficient (Wildman–Crippen LogP) is 3.30. The fourth-order valence-electron chi connectivity index (χ4n) is 1.79. The first-order chi connectivity index (χ1) is 8.96. The lowest BCUT2D eigenvalue weighted by Gasteiger charge is -2.13. The molecule has 4 nitrogen and oxygen atoms in total. The second-order valence-electron chi connectivity index (χ2n) is 4.86. The van der Waals surface area contributed by atoms with E-state index in [0.29, 0.717) is 11.6 Å². The van der Waals surface area contributed by atoms with Crippen LogP contribution in [-0.4, -0.2) is 20.7 Å². The zero-order valence-electron chi connectivity index (χ0n) is 11.9. The molecule has 0 fully saturated rings. The number of sulfonamides is 1. The molecule has 0 saturated carbocycles. The molecule has 0 radical (unpaired) electrons. The van der Waals surface area contributed by atoms with Gasteiger partial charge in [-0.3, -0.25) is 4.72 Å². The first-order valence-electron chi connectivity index (χ1n) is 6.81. The summed E-state index contributed by atoms with van der Waals surface area (Å²) >= 11 is 0. The van der Waals surface area contributed by atoms with Crippen molar-refractivity contribution in [2.75, 3.05) is 22.3 Å². The number of hydrogen-bond donors (Lipinski definition) is 2. The van der Waals surface area contributed by atoms with Crippen LogP contribution in [0.5, 0.6) is 0 Å². The van der Waals surface area contributed by atoms with Gasteiger partial charge in [0.25, 0.3) is 0 Å². The molecule has 0 saturated heterocycles. The lowest BCUT2D eigenvalue weighted by atomic mass is 10.1. The fraction of sp³-hybridized carbons (Fsp3) is 0.571. The van der Waals surface area contributed by atoms with E-state index in [0.717, 1.165) is 12.2 Å². The Kier molecular flexibility index (Phi) is 6.15. The van der Waals surface area contributed by atoms with Crippen LogP contribution in [0.4, 0.5) is 11.4 Å². The molecule has 1 aromatic rings. The normalized spacial score (nSPS) is 13.0. The van der Waals surface area contributed by atoms with Gasteiger partial charge < -0.3 is 5.32 Å². The second kappa shape index (κ2) is 7.38. The first kappa shape index (κ1) is 15.8. The highest BCUT2D eigenvalue weighted by Gasteiger charge is 2.06. The van der Waals surface area contributed by atoms with Gasteiger partial charge in [0.05, 0.1) is 5.75 Å². The van der Waals surface area contributed by atoms with Gasteiger partial charge in [-0.15, -0.1) is 0 Å². The zero-order chi connectivity index (χ0) is 14.3. The van der Waals surface area contributed by atoms with Crippen molar-refractivity contribution in [2.45, 2.75) is 33.6 Å². The van der Waals surface area contributed by atoms with Gasteiger partial charge in [-0.2, -0.15) is 0 Å². The molecular weight excluding hydrogens is 260 g/mol. The van der Waals surface area contributed by atoms with E-state index < -0.39 is 10.0 Å². The van der Waals surface area contributed by atoms with Crippen LogP contribution in [0.25, 0.3) is 0 Å². The Morgan fingerprint density at radius 2 is 1.68 bits per heavy atom. The molecule has 108 valence electrons. The molecule has 1 atom stereocenters. The second-order valence-corrected chi connectivity index (χ2v) is 6.87. The third-order valence-electron chi connectivity index (χ3n) is 2.97. The fourth-order valence-corrected chi connectivity index (χ4v) is 2.43. The van der Waals surface area contributed by atoms with Gasteiger partial charge in [-0.1, -0.05) is 20.3 Å². The van der Waals surface area contributed by atoms with Gasteiger partial charge in [0.1, 0.15) is 0 Å². The standard InChI is InChI=1S/C14H24N2O2S/c1-4-6-12(3)11-15-13-7-9-14(10-8-13)16-19(17,18)5-2/h7-10,12,15-16H,4-6,11H2,1-3H3. The summed E-state index contributed by atoms with van der Waals surface area (Å²) in [5, 5.41) is 3.36. The van der Waals surface area contributed by atoms with Gasteiger partial charge in [-0.25, -0.2) is 8.42 Å². The van der Waals surface area contributed by atoms with Gasteiger partial charge in [0.15, 0.2) is 0 Å². The van der Waals surface area contributed by atoms with Crippen molar-refractivity contribution in [1.82, 2.24) is 0 Å². The van der Waals surface area contributed by atoms with Crippen LogP contribution >= 0.6 is 0 Å². The number of rotatable bonds is 8. The Morgan fingerprint density at radius 1 is 1.11 bits per heavy atom. The molecule has 2 N–H and O–H groups in total. The summed E-state index contributed by atoms with van der Waals surface area (Å²) in [6, 6.07) is 7.35. The minimum Gasteiger partial charge on any atom is -0.385 e.